The van der Waals surface area contributed by atoms with E-state index in [9.17, 15) is 9.18 Å². The molecule has 0 saturated heterocycles. The lowest BCUT2D eigenvalue weighted by Gasteiger charge is -2.10. The van der Waals surface area contributed by atoms with Crippen molar-refractivity contribution in [1.29, 1.82) is 0 Å². The highest BCUT2D eigenvalue weighted by atomic mass is 32.1. The van der Waals surface area contributed by atoms with E-state index in [1.807, 2.05) is 18.3 Å². The van der Waals surface area contributed by atoms with Gasteiger partial charge in [0.15, 0.2) is 11.6 Å². The molecule has 9 heteroatoms. The van der Waals surface area contributed by atoms with Crippen LogP contribution in [0, 0.1) is 5.82 Å². The van der Waals surface area contributed by atoms with Crippen LogP contribution in [0.25, 0.3) is 20.8 Å². The number of ether oxygens (including phenoxy) is 1. The number of carbonyl (C=O) groups excluding carboxylic acids is 1. The lowest BCUT2D eigenvalue weighted by Crippen LogP contribution is -2.30. The van der Waals surface area contributed by atoms with Gasteiger partial charge in [-0.3, -0.25) is 9.97 Å². The summed E-state index contributed by atoms with van der Waals surface area (Å²) >= 11 is 1.50. The number of hydrogen-bond donors (Lipinski definition) is 3. The van der Waals surface area contributed by atoms with Crippen molar-refractivity contribution in [2.45, 2.75) is 45.2 Å². The van der Waals surface area contributed by atoms with Crippen LogP contribution in [0.15, 0.2) is 54.9 Å². The van der Waals surface area contributed by atoms with Crippen LogP contribution >= 0.6 is 11.3 Å². The molecule has 7 nitrogen and oxygen atoms in total. The molecular formula is C27H28FN5O2S. The number of aromatic nitrogens is 2. The Morgan fingerprint density at radius 3 is 2.78 bits per heavy atom. The lowest BCUT2D eigenvalue weighted by molar-refractivity contribution is 0.251. The van der Waals surface area contributed by atoms with E-state index in [2.05, 4.69) is 38.9 Å². The molecule has 1 aliphatic rings. The molecule has 36 heavy (non-hydrogen) atoms. The minimum Gasteiger partial charge on any atom is -0.453 e. The number of nitrogens with one attached hydrogen (secondary N) is 3. The highest BCUT2D eigenvalue weighted by Gasteiger charge is 2.23. The Morgan fingerprint density at radius 1 is 1.14 bits per heavy atom. The van der Waals surface area contributed by atoms with Gasteiger partial charge in [-0.1, -0.05) is 19.4 Å². The molecule has 186 valence electrons. The molecule has 0 radical (unpaired) electrons. The molecule has 1 aromatic carbocycles. The maximum atomic E-state index is 14.8. The molecule has 1 aliphatic carbocycles. The second-order valence-electron chi connectivity index (χ2n) is 8.84. The van der Waals surface area contributed by atoms with Gasteiger partial charge in [0.25, 0.3) is 0 Å². The van der Waals surface area contributed by atoms with Crippen molar-refractivity contribution in [2.75, 3.05) is 11.9 Å². The van der Waals surface area contributed by atoms with Gasteiger partial charge in [0.1, 0.15) is 5.75 Å². The molecule has 4 aromatic rings. The molecule has 3 N–H and O–H groups in total. The Labute approximate surface area is 213 Å². The number of fused-ring (bicyclic) bond motifs is 1. The van der Waals surface area contributed by atoms with Gasteiger partial charge in [-0.2, -0.15) is 0 Å². The third-order valence-electron chi connectivity index (χ3n) is 5.81. The van der Waals surface area contributed by atoms with Gasteiger partial charge in [-0.15, -0.1) is 11.3 Å². The number of hydrogen-bond acceptors (Lipinski definition) is 6. The number of urea groups is 1. The van der Waals surface area contributed by atoms with Gasteiger partial charge in [0, 0.05) is 42.8 Å². The topological polar surface area (TPSA) is 88.2 Å². The maximum Gasteiger partial charge on any atom is 0.319 e. The van der Waals surface area contributed by atoms with Crippen molar-refractivity contribution in [3.8, 4) is 22.1 Å². The van der Waals surface area contributed by atoms with Crippen molar-refractivity contribution in [2.24, 2.45) is 0 Å². The van der Waals surface area contributed by atoms with Crippen molar-refractivity contribution in [1.82, 2.24) is 20.6 Å². The van der Waals surface area contributed by atoms with Crippen LogP contribution in [0.3, 0.4) is 0 Å². The first-order valence-corrected chi connectivity index (χ1v) is 13.0. The number of unbranched alkanes of at least 4 members (excludes halogenated alkanes) is 1. The Hall–Kier alpha value is -3.56. The monoisotopic (exact) mass is 505 g/mol. The highest BCUT2D eigenvalue weighted by molar-refractivity contribution is 7.22. The number of benzene rings is 1. The van der Waals surface area contributed by atoms with Crippen LogP contribution < -0.4 is 20.7 Å². The van der Waals surface area contributed by atoms with Crippen LogP contribution in [0.4, 0.5) is 14.9 Å². The molecule has 3 aromatic heterocycles. The summed E-state index contributed by atoms with van der Waals surface area (Å²) < 4.78 is 21.5. The van der Waals surface area contributed by atoms with Crippen LogP contribution in [0.5, 0.6) is 11.5 Å². The van der Waals surface area contributed by atoms with E-state index in [-0.39, 0.29) is 17.8 Å². The average Bonchev–Trinajstić information content (AvgIpc) is 3.57. The number of nitrogens with zero attached hydrogens (tertiary/aromatic N) is 2. The van der Waals surface area contributed by atoms with E-state index in [4.69, 9.17) is 4.74 Å². The van der Waals surface area contributed by atoms with E-state index < -0.39 is 5.82 Å². The second-order valence-corrected chi connectivity index (χ2v) is 9.89. The summed E-state index contributed by atoms with van der Waals surface area (Å²) in [5, 5.41) is 8.89. The summed E-state index contributed by atoms with van der Waals surface area (Å²) in [7, 11) is 0. The summed E-state index contributed by atoms with van der Waals surface area (Å²) in [5.74, 6) is 0.0218. The first-order chi connectivity index (χ1) is 17.6. The standard InChI is InChI=1S/C27H28FN5O2S/c1-2-3-11-29-15-17-4-8-21(31-16-17)25-14-22-26(36-25)24(10-12-30-22)35-23-9-7-19(13-20(23)28)33-27(34)32-18-5-6-18/h4,7-10,12-14,16,18,29H,2-3,5-6,11,15H2,1H3,(H2,32,33,34). The van der Waals surface area contributed by atoms with E-state index in [1.54, 1.807) is 18.3 Å². The largest absolute Gasteiger partial charge is 0.453 e. The minimum atomic E-state index is -0.564. The van der Waals surface area contributed by atoms with Gasteiger partial charge in [0.2, 0.25) is 0 Å². The minimum absolute atomic E-state index is 0.0728. The van der Waals surface area contributed by atoms with Gasteiger partial charge in [0.05, 0.1) is 20.8 Å². The fraction of sp³-hybridized carbons (Fsp3) is 0.296. The SMILES string of the molecule is CCCCNCc1ccc(-c2cc3nccc(Oc4ccc(NC(=O)NC5CC5)cc4F)c3s2)nc1. The van der Waals surface area contributed by atoms with Crippen molar-refractivity contribution < 1.29 is 13.9 Å². The third kappa shape index (κ3) is 5.98. The molecule has 2 amide bonds. The van der Waals surface area contributed by atoms with E-state index in [0.717, 1.165) is 58.7 Å². The average molecular weight is 506 g/mol. The number of anilines is 1. The van der Waals surface area contributed by atoms with Gasteiger partial charge < -0.3 is 20.7 Å². The number of thiophene rings is 1. The highest BCUT2D eigenvalue weighted by Crippen LogP contribution is 2.39. The Balaban J connectivity index is 1.29. The lowest BCUT2D eigenvalue weighted by atomic mass is 10.2. The van der Waals surface area contributed by atoms with Gasteiger partial charge in [-0.05, 0) is 55.6 Å². The van der Waals surface area contributed by atoms with Crippen LogP contribution in [0.2, 0.25) is 0 Å². The number of amides is 2. The third-order valence-corrected chi connectivity index (χ3v) is 6.97. The predicted molar refractivity (Wildman–Crippen MR) is 141 cm³/mol. The summed E-state index contributed by atoms with van der Waals surface area (Å²) in [6.07, 6.45) is 7.83. The molecule has 0 atom stereocenters. The molecule has 0 spiro atoms. The zero-order valence-corrected chi connectivity index (χ0v) is 20.8. The molecule has 0 unspecified atom stereocenters. The quantitative estimate of drug-likeness (QED) is 0.215. The van der Waals surface area contributed by atoms with Gasteiger partial charge >= 0.3 is 6.03 Å². The van der Waals surface area contributed by atoms with Crippen molar-refractivity contribution in [3.63, 3.8) is 0 Å². The first-order valence-electron chi connectivity index (χ1n) is 12.2. The fourth-order valence-corrected chi connectivity index (χ4v) is 4.73. The zero-order valence-electron chi connectivity index (χ0n) is 20.0. The van der Waals surface area contributed by atoms with E-state index >= 15 is 0 Å². The van der Waals surface area contributed by atoms with Crippen LogP contribution in [0.1, 0.15) is 38.2 Å². The molecule has 5 rings (SSSR count). The Bertz CT molecular complexity index is 1350. The fourth-order valence-electron chi connectivity index (χ4n) is 3.69. The van der Waals surface area contributed by atoms with E-state index in [1.165, 1.54) is 29.9 Å². The molecule has 1 fully saturated rings. The van der Waals surface area contributed by atoms with Crippen LogP contribution in [-0.4, -0.2) is 28.6 Å². The number of halogens is 1. The summed E-state index contributed by atoms with van der Waals surface area (Å²) in [6.45, 7) is 3.97. The molecule has 3 heterocycles. The Kier molecular flexibility index (Phi) is 7.39. The smallest absolute Gasteiger partial charge is 0.319 e. The normalized spacial score (nSPS) is 13.1. The predicted octanol–water partition coefficient (Wildman–Crippen LogP) is 6.46. The molecular weight excluding hydrogens is 477 g/mol. The number of pyridine rings is 2. The first kappa shape index (κ1) is 24.1. The number of carbonyl (C=O) groups is 1. The Morgan fingerprint density at radius 2 is 2.03 bits per heavy atom. The maximum absolute atomic E-state index is 14.8. The number of rotatable bonds is 10. The summed E-state index contributed by atoms with van der Waals surface area (Å²) in [4.78, 5) is 21.9. The van der Waals surface area contributed by atoms with Crippen molar-refractivity contribution >= 4 is 33.3 Å². The van der Waals surface area contributed by atoms with Crippen molar-refractivity contribution in [3.05, 3.63) is 66.2 Å². The molecule has 0 bridgehead atoms. The molecule has 1 saturated carbocycles. The van der Waals surface area contributed by atoms with E-state index in [0.29, 0.717) is 11.4 Å². The van der Waals surface area contributed by atoms with Crippen LogP contribution in [-0.2, 0) is 6.54 Å². The second kappa shape index (κ2) is 11.0. The summed E-state index contributed by atoms with van der Waals surface area (Å²) in [6, 6.07) is 12.0. The molecule has 0 aliphatic heterocycles. The summed E-state index contributed by atoms with van der Waals surface area (Å²) in [5.41, 5.74) is 3.12. The van der Waals surface area contributed by atoms with Gasteiger partial charge in [-0.25, -0.2) is 9.18 Å². The zero-order chi connectivity index (χ0) is 24.9.